The van der Waals surface area contributed by atoms with Crippen LogP contribution in [0.25, 0.3) is 0 Å². The van der Waals surface area contributed by atoms with Gasteiger partial charge in [-0.1, -0.05) is 17.7 Å². The van der Waals surface area contributed by atoms with Gasteiger partial charge in [0.25, 0.3) is 5.91 Å². The van der Waals surface area contributed by atoms with E-state index in [1.165, 1.54) is 5.56 Å². The van der Waals surface area contributed by atoms with Crippen molar-refractivity contribution >= 4 is 23.2 Å². The van der Waals surface area contributed by atoms with E-state index in [1.807, 2.05) is 49.9 Å². The summed E-state index contributed by atoms with van der Waals surface area (Å²) >= 11 is 0. The average Bonchev–Trinajstić information content (AvgIpc) is 3.07. The molecule has 1 aliphatic rings. The van der Waals surface area contributed by atoms with Crippen molar-refractivity contribution in [2.45, 2.75) is 27.7 Å². The Morgan fingerprint density at radius 3 is 2.30 bits per heavy atom. The zero-order chi connectivity index (χ0) is 21.3. The summed E-state index contributed by atoms with van der Waals surface area (Å²) in [5.41, 5.74) is 2.86. The molecule has 0 unspecified atom stereocenters. The Kier molecular flexibility index (Phi) is 5.44. The van der Waals surface area contributed by atoms with Crippen LogP contribution < -0.4 is 10.2 Å². The van der Waals surface area contributed by atoms with E-state index >= 15 is 0 Å². The van der Waals surface area contributed by atoms with Crippen molar-refractivity contribution < 1.29 is 9.21 Å². The second-order valence-corrected chi connectivity index (χ2v) is 7.76. The maximum absolute atomic E-state index is 12.8. The molecule has 30 heavy (non-hydrogen) atoms. The molecule has 1 fully saturated rings. The molecule has 2 aromatic heterocycles. The van der Waals surface area contributed by atoms with Crippen molar-refractivity contribution in [3.63, 3.8) is 0 Å². The normalized spacial score (nSPS) is 14.1. The topological polar surface area (TPSA) is 74.5 Å². The predicted molar refractivity (Wildman–Crippen MR) is 118 cm³/mol. The van der Waals surface area contributed by atoms with Crippen molar-refractivity contribution in [1.82, 2.24) is 14.9 Å². The van der Waals surface area contributed by atoms with Gasteiger partial charge < -0.3 is 19.5 Å². The van der Waals surface area contributed by atoms with Crippen LogP contribution in [-0.2, 0) is 0 Å². The number of hydrogen-bond acceptors (Lipinski definition) is 6. The number of piperazine rings is 1. The van der Waals surface area contributed by atoms with E-state index in [2.05, 4.69) is 39.2 Å². The third kappa shape index (κ3) is 4.30. The SMILES string of the molecule is Cc1ccc(Nc2cc(N3CCN(C(=O)c4cc(C)oc4C)CC3)nc(C)n2)cc1. The summed E-state index contributed by atoms with van der Waals surface area (Å²) in [6.45, 7) is 10.4. The minimum absolute atomic E-state index is 0.0320. The second kappa shape index (κ2) is 8.18. The minimum Gasteiger partial charge on any atom is -0.466 e. The number of aryl methyl sites for hydroxylation is 4. The van der Waals surface area contributed by atoms with Crippen LogP contribution in [0.3, 0.4) is 0 Å². The molecule has 1 aromatic carbocycles. The molecule has 1 aliphatic heterocycles. The largest absolute Gasteiger partial charge is 0.466 e. The Morgan fingerprint density at radius 2 is 1.67 bits per heavy atom. The van der Waals surface area contributed by atoms with Crippen LogP contribution in [-0.4, -0.2) is 47.0 Å². The third-order valence-electron chi connectivity index (χ3n) is 5.31. The summed E-state index contributed by atoms with van der Waals surface area (Å²) in [7, 11) is 0. The van der Waals surface area contributed by atoms with E-state index in [9.17, 15) is 4.79 Å². The van der Waals surface area contributed by atoms with E-state index in [0.29, 0.717) is 30.2 Å². The molecule has 0 spiro atoms. The van der Waals surface area contributed by atoms with E-state index in [1.54, 1.807) is 0 Å². The van der Waals surface area contributed by atoms with Crippen LogP contribution in [0, 0.1) is 27.7 Å². The number of hydrogen-bond donors (Lipinski definition) is 1. The summed E-state index contributed by atoms with van der Waals surface area (Å²) in [5, 5.41) is 3.36. The second-order valence-electron chi connectivity index (χ2n) is 7.76. The summed E-state index contributed by atoms with van der Waals surface area (Å²) in [6, 6.07) is 12.0. The lowest BCUT2D eigenvalue weighted by Gasteiger charge is -2.35. The molecule has 4 rings (SSSR count). The van der Waals surface area contributed by atoms with Gasteiger partial charge in [0.15, 0.2) is 0 Å². The average molecular weight is 406 g/mol. The standard InChI is InChI=1S/C23H27N5O2/c1-15-5-7-19(8-6-15)26-21-14-22(25-18(4)24-21)27-9-11-28(12-10-27)23(29)20-13-16(2)30-17(20)3/h5-8,13-14H,9-12H2,1-4H3,(H,24,25,26). The molecule has 0 saturated carbocycles. The number of amides is 1. The molecule has 0 aliphatic carbocycles. The molecule has 1 saturated heterocycles. The first-order valence-corrected chi connectivity index (χ1v) is 10.2. The van der Waals surface area contributed by atoms with Crippen molar-refractivity contribution in [3.8, 4) is 0 Å². The van der Waals surface area contributed by atoms with Crippen LogP contribution in [0.5, 0.6) is 0 Å². The Bertz CT molecular complexity index is 1050. The van der Waals surface area contributed by atoms with Gasteiger partial charge in [-0.3, -0.25) is 4.79 Å². The third-order valence-corrected chi connectivity index (χ3v) is 5.31. The first kappa shape index (κ1) is 19.9. The number of nitrogens with zero attached hydrogens (tertiary/aromatic N) is 4. The highest BCUT2D eigenvalue weighted by Gasteiger charge is 2.25. The van der Waals surface area contributed by atoms with Crippen molar-refractivity contribution in [1.29, 1.82) is 0 Å². The predicted octanol–water partition coefficient (Wildman–Crippen LogP) is 4.01. The highest BCUT2D eigenvalue weighted by Crippen LogP contribution is 2.22. The number of carbonyl (C=O) groups is 1. The lowest BCUT2D eigenvalue weighted by atomic mass is 10.2. The summed E-state index contributed by atoms with van der Waals surface area (Å²) in [4.78, 5) is 26.0. The number of nitrogens with one attached hydrogen (secondary N) is 1. The van der Waals surface area contributed by atoms with E-state index in [4.69, 9.17) is 4.42 Å². The van der Waals surface area contributed by atoms with Crippen LogP contribution in [0.15, 0.2) is 40.8 Å². The fourth-order valence-corrected chi connectivity index (χ4v) is 3.71. The molecule has 3 heterocycles. The molecular formula is C23H27N5O2. The highest BCUT2D eigenvalue weighted by molar-refractivity contribution is 5.95. The molecule has 0 atom stereocenters. The number of carbonyl (C=O) groups excluding carboxylic acids is 1. The Balaban J connectivity index is 1.44. The highest BCUT2D eigenvalue weighted by atomic mass is 16.3. The molecule has 3 aromatic rings. The maximum atomic E-state index is 12.8. The molecule has 7 heteroatoms. The van der Waals surface area contributed by atoms with Gasteiger partial charge in [-0.2, -0.15) is 0 Å². The number of benzene rings is 1. The van der Waals surface area contributed by atoms with Crippen molar-refractivity contribution in [2.24, 2.45) is 0 Å². The molecule has 1 amide bonds. The minimum atomic E-state index is 0.0320. The van der Waals surface area contributed by atoms with Crippen LogP contribution in [0.4, 0.5) is 17.3 Å². The van der Waals surface area contributed by atoms with Gasteiger partial charge in [-0.25, -0.2) is 9.97 Å². The van der Waals surface area contributed by atoms with Crippen molar-refractivity contribution in [3.05, 3.63) is 64.9 Å². The summed E-state index contributed by atoms with van der Waals surface area (Å²) in [5.74, 6) is 3.83. The van der Waals surface area contributed by atoms with Crippen molar-refractivity contribution in [2.75, 3.05) is 36.4 Å². The number of aromatic nitrogens is 2. The van der Waals surface area contributed by atoms with Gasteiger partial charge in [0.05, 0.1) is 5.56 Å². The summed E-state index contributed by atoms with van der Waals surface area (Å²) < 4.78 is 5.52. The molecule has 1 N–H and O–H groups in total. The Hall–Kier alpha value is -3.35. The zero-order valence-electron chi connectivity index (χ0n) is 17.9. The number of rotatable bonds is 4. The Labute approximate surface area is 176 Å². The monoisotopic (exact) mass is 405 g/mol. The van der Waals surface area contributed by atoms with Gasteiger partial charge in [0, 0.05) is 37.9 Å². The maximum Gasteiger partial charge on any atom is 0.257 e. The Morgan fingerprint density at radius 1 is 0.967 bits per heavy atom. The van der Waals surface area contributed by atoms with Gasteiger partial charge in [0.1, 0.15) is 29.0 Å². The van der Waals surface area contributed by atoms with Gasteiger partial charge >= 0.3 is 0 Å². The van der Waals surface area contributed by atoms with E-state index in [0.717, 1.165) is 36.2 Å². The lowest BCUT2D eigenvalue weighted by Crippen LogP contribution is -2.49. The van der Waals surface area contributed by atoms with Gasteiger partial charge in [0.2, 0.25) is 0 Å². The summed E-state index contributed by atoms with van der Waals surface area (Å²) in [6.07, 6.45) is 0. The fraction of sp³-hybridized carbons (Fsp3) is 0.348. The van der Waals surface area contributed by atoms with Crippen LogP contribution in [0.2, 0.25) is 0 Å². The zero-order valence-corrected chi connectivity index (χ0v) is 17.9. The van der Waals surface area contributed by atoms with Crippen LogP contribution >= 0.6 is 0 Å². The first-order chi connectivity index (χ1) is 14.4. The lowest BCUT2D eigenvalue weighted by molar-refractivity contribution is 0.0744. The smallest absolute Gasteiger partial charge is 0.257 e. The van der Waals surface area contributed by atoms with Gasteiger partial charge in [-0.15, -0.1) is 0 Å². The van der Waals surface area contributed by atoms with Crippen LogP contribution in [0.1, 0.15) is 33.3 Å². The molecule has 0 radical (unpaired) electrons. The first-order valence-electron chi connectivity index (χ1n) is 10.2. The number of furan rings is 1. The number of anilines is 3. The fourth-order valence-electron chi connectivity index (χ4n) is 3.71. The quantitative estimate of drug-likeness (QED) is 0.707. The van der Waals surface area contributed by atoms with E-state index in [-0.39, 0.29) is 5.91 Å². The van der Waals surface area contributed by atoms with E-state index < -0.39 is 0 Å². The molecule has 0 bridgehead atoms. The molecular weight excluding hydrogens is 378 g/mol. The molecule has 7 nitrogen and oxygen atoms in total. The molecule has 156 valence electrons. The van der Waals surface area contributed by atoms with Gasteiger partial charge in [-0.05, 0) is 45.9 Å².